The second-order valence-corrected chi connectivity index (χ2v) is 4.12. The molecule has 0 saturated carbocycles. The summed E-state index contributed by atoms with van der Waals surface area (Å²) in [4.78, 5) is 13.8. The van der Waals surface area contributed by atoms with Gasteiger partial charge in [-0.1, -0.05) is 12.2 Å². The lowest BCUT2D eigenvalue weighted by Gasteiger charge is -2.24. The molecule has 1 aliphatic carbocycles. The van der Waals surface area contributed by atoms with Gasteiger partial charge in [-0.25, -0.2) is 0 Å². The molecule has 1 aliphatic rings. The molecular formula is C12H19N3O2. The number of carbonyl (C=O) groups excluding carboxylic acids is 1. The zero-order valence-electron chi connectivity index (χ0n) is 10.1. The lowest BCUT2D eigenvalue weighted by Crippen LogP contribution is -2.38. The largest absolute Gasteiger partial charge is 0.383 e. The topological polar surface area (TPSA) is 79.3 Å². The van der Waals surface area contributed by atoms with Gasteiger partial charge in [0.15, 0.2) is 0 Å². The van der Waals surface area contributed by atoms with Crippen LogP contribution >= 0.6 is 0 Å². The summed E-state index contributed by atoms with van der Waals surface area (Å²) in [7, 11) is 1.60. The van der Waals surface area contributed by atoms with Crippen molar-refractivity contribution < 1.29 is 9.53 Å². The van der Waals surface area contributed by atoms with Gasteiger partial charge in [0.25, 0.3) is 0 Å². The first-order valence-electron chi connectivity index (χ1n) is 5.77. The van der Waals surface area contributed by atoms with Crippen molar-refractivity contribution in [3.8, 4) is 6.07 Å². The van der Waals surface area contributed by atoms with Crippen LogP contribution in [0.4, 0.5) is 0 Å². The minimum atomic E-state index is -0.138. The van der Waals surface area contributed by atoms with Crippen LogP contribution in [-0.2, 0) is 9.53 Å². The third-order valence-corrected chi connectivity index (χ3v) is 2.80. The van der Waals surface area contributed by atoms with Crippen LogP contribution in [0.25, 0.3) is 0 Å². The second kappa shape index (κ2) is 7.05. The lowest BCUT2D eigenvalue weighted by molar-refractivity contribution is -0.134. The van der Waals surface area contributed by atoms with E-state index in [-0.39, 0.29) is 17.9 Å². The maximum atomic E-state index is 12.2. The van der Waals surface area contributed by atoms with Crippen LogP contribution in [0.2, 0.25) is 0 Å². The Balaban J connectivity index is 2.53. The molecule has 5 heteroatoms. The molecule has 0 aromatic heterocycles. The number of nitriles is 1. The van der Waals surface area contributed by atoms with E-state index < -0.39 is 0 Å². The second-order valence-electron chi connectivity index (χ2n) is 4.12. The van der Waals surface area contributed by atoms with Crippen molar-refractivity contribution in [3.05, 3.63) is 12.2 Å². The Kier molecular flexibility index (Phi) is 5.67. The van der Waals surface area contributed by atoms with E-state index in [9.17, 15) is 4.79 Å². The van der Waals surface area contributed by atoms with E-state index in [1.807, 2.05) is 12.2 Å². The van der Waals surface area contributed by atoms with Crippen LogP contribution in [-0.4, -0.2) is 43.7 Å². The molecule has 0 saturated heterocycles. The zero-order chi connectivity index (χ0) is 12.7. The molecule has 0 heterocycles. The Morgan fingerprint density at radius 3 is 2.88 bits per heavy atom. The van der Waals surface area contributed by atoms with E-state index >= 15 is 0 Å². The molecule has 0 spiro atoms. The predicted octanol–water partition coefficient (Wildman–Crippen LogP) is 0.278. The lowest BCUT2D eigenvalue weighted by atomic mass is 10.1. The number of ether oxygens (including phenoxy) is 1. The van der Waals surface area contributed by atoms with E-state index in [4.69, 9.17) is 15.7 Å². The monoisotopic (exact) mass is 237 g/mol. The summed E-state index contributed by atoms with van der Waals surface area (Å²) in [6.07, 6.45) is 4.73. The molecule has 2 unspecified atom stereocenters. The Labute approximate surface area is 102 Å². The summed E-state index contributed by atoms with van der Waals surface area (Å²) in [5.41, 5.74) is 5.73. The van der Waals surface area contributed by atoms with Gasteiger partial charge in [-0.2, -0.15) is 5.26 Å². The maximum Gasteiger partial charge on any atom is 0.229 e. The average Bonchev–Trinajstić information content (AvgIpc) is 2.75. The highest BCUT2D eigenvalue weighted by atomic mass is 16.5. The Morgan fingerprint density at radius 1 is 1.59 bits per heavy atom. The normalized spacial score (nSPS) is 22.4. The standard InChI is InChI=1S/C12H19N3O2/c1-17-8-7-15(6-2-5-13)12(16)10-3-4-11(14)9-10/h3-4,10-11H,2,6-9,14H2,1H3. The quantitative estimate of drug-likeness (QED) is 0.673. The molecule has 2 atom stereocenters. The number of rotatable bonds is 6. The van der Waals surface area contributed by atoms with Gasteiger partial charge in [0, 0.05) is 26.2 Å². The third-order valence-electron chi connectivity index (χ3n) is 2.80. The van der Waals surface area contributed by atoms with Gasteiger partial charge in [-0.15, -0.1) is 0 Å². The molecule has 1 rings (SSSR count). The van der Waals surface area contributed by atoms with E-state index in [0.717, 1.165) is 0 Å². The maximum absolute atomic E-state index is 12.2. The van der Waals surface area contributed by atoms with Crippen LogP contribution in [0.3, 0.4) is 0 Å². The summed E-state index contributed by atoms with van der Waals surface area (Å²) in [5.74, 6) is -0.0953. The van der Waals surface area contributed by atoms with Crippen molar-refractivity contribution in [2.45, 2.75) is 18.9 Å². The van der Waals surface area contributed by atoms with Crippen LogP contribution in [0.1, 0.15) is 12.8 Å². The Hall–Kier alpha value is -1.38. The number of hydrogen-bond donors (Lipinski definition) is 1. The molecule has 5 nitrogen and oxygen atoms in total. The smallest absolute Gasteiger partial charge is 0.229 e. The molecular weight excluding hydrogens is 218 g/mol. The first-order chi connectivity index (χ1) is 8.19. The van der Waals surface area contributed by atoms with E-state index in [1.165, 1.54) is 0 Å². The van der Waals surface area contributed by atoms with Crippen LogP contribution in [0.5, 0.6) is 0 Å². The molecule has 1 amide bonds. The highest BCUT2D eigenvalue weighted by Gasteiger charge is 2.26. The van der Waals surface area contributed by atoms with Crippen molar-refractivity contribution in [1.29, 1.82) is 5.26 Å². The number of hydrogen-bond acceptors (Lipinski definition) is 4. The minimum absolute atomic E-state index is 0.0239. The Morgan fingerprint density at radius 2 is 2.35 bits per heavy atom. The van der Waals surface area contributed by atoms with Crippen molar-refractivity contribution >= 4 is 5.91 Å². The Bertz CT molecular complexity index is 322. The van der Waals surface area contributed by atoms with E-state index in [0.29, 0.717) is 32.5 Å². The van der Waals surface area contributed by atoms with Crippen molar-refractivity contribution in [2.24, 2.45) is 11.7 Å². The van der Waals surface area contributed by atoms with Gasteiger partial charge in [0.05, 0.1) is 25.0 Å². The molecule has 0 aromatic carbocycles. The van der Waals surface area contributed by atoms with Crippen LogP contribution < -0.4 is 5.73 Å². The van der Waals surface area contributed by atoms with Gasteiger partial charge < -0.3 is 15.4 Å². The molecule has 2 N–H and O–H groups in total. The fraction of sp³-hybridized carbons (Fsp3) is 0.667. The summed E-state index contributed by atoms with van der Waals surface area (Å²) in [6, 6.07) is 2.03. The van der Waals surface area contributed by atoms with Gasteiger partial charge in [0.2, 0.25) is 5.91 Å². The SMILES string of the molecule is COCCN(CCC#N)C(=O)C1C=CC(N)C1. The fourth-order valence-electron chi connectivity index (χ4n) is 1.86. The average molecular weight is 237 g/mol. The molecule has 0 aromatic rings. The number of methoxy groups -OCH3 is 1. The molecule has 17 heavy (non-hydrogen) atoms. The predicted molar refractivity (Wildman–Crippen MR) is 63.9 cm³/mol. The summed E-state index contributed by atoms with van der Waals surface area (Å²) >= 11 is 0. The molecule has 0 bridgehead atoms. The highest BCUT2D eigenvalue weighted by molar-refractivity contribution is 5.81. The van der Waals surface area contributed by atoms with Gasteiger partial charge in [0.1, 0.15) is 0 Å². The molecule has 94 valence electrons. The number of carbonyl (C=O) groups is 1. The van der Waals surface area contributed by atoms with E-state index in [2.05, 4.69) is 6.07 Å². The number of nitrogens with zero attached hydrogens (tertiary/aromatic N) is 2. The number of nitrogens with two attached hydrogens (primary N) is 1. The van der Waals surface area contributed by atoms with Crippen molar-refractivity contribution in [1.82, 2.24) is 4.90 Å². The molecule has 0 fully saturated rings. The van der Waals surface area contributed by atoms with Gasteiger partial charge in [-0.05, 0) is 6.42 Å². The zero-order valence-corrected chi connectivity index (χ0v) is 10.1. The summed E-state index contributed by atoms with van der Waals surface area (Å²) < 4.78 is 4.97. The number of amides is 1. The first kappa shape index (κ1) is 13.7. The minimum Gasteiger partial charge on any atom is -0.383 e. The van der Waals surface area contributed by atoms with Crippen LogP contribution in [0.15, 0.2) is 12.2 Å². The highest BCUT2D eigenvalue weighted by Crippen LogP contribution is 2.19. The van der Waals surface area contributed by atoms with Gasteiger partial charge >= 0.3 is 0 Å². The van der Waals surface area contributed by atoms with E-state index in [1.54, 1.807) is 12.0 Å². The van der Waals surface area contributed by atoms with Gasteiger partial charge in [-0.3, -0.25) is 4.79 Å². The molecule has 0 radical (unpaired) electrons. The third kappa shape index (κ3) is 4.17. The van der Waals surface area contributed by atoms with Crippen molar-refractivity contribution in [3.63, 3.8) is 0 Å². The van der Waals surface area contributed by atoms with Crippen LogP contribution in [0, 0.1) is 17.2 Å². The fourth-order valence-corrected chi connectivity index (χ4v) is 1.86. The summed E-state index contributed by atoms with van der Waals surface area (Å²) in [6.45, 7) is 1.47. The molecule has 0 aliphatic heterocycles. The first-order valence-corrected chi connectivity index (χ1v) is 5.77. The van der Waals surface area contributed by atoms with Crippen molar-refractivity contribution in [2.75, 3.05) is 26.8 Å². The summed E-state index contributed by atoms with van der Waals surface area (Å²) in [5, 5.41) is 8.58.